The minimum absolute atomic E-state index is 0.0534. The third kappa shape index (κ3) is 2.21. The second-order valence-corrected chi connectivity index (χ2v) is 4.11. The van der Waals surface area contributed by atoms with Crippen molar-refractivity contribution >= 4 is 17.6 Å². The molecule has 1 heterocycles. The van der Waals surface area contributed by atoms with Crippen molar-refractivity contribution in [2.24, 2.45) is 12.8 Å². The highest BCUT2D eigenvalue weighted by atomic mass is 32.2. The van der Waals surface area contributed by atoms with Gasteiger partial charge in [0.1, 0.15) is 11.7 Å². The Morgan fingerprint density at radius 1 is 1.62 bits per heavy atom. The van der Waals surface area contributed by atoms with Crippen LogP contribution in [0.3, 0.4) is 0 Å². The van der Waals surface area contributed by atoms with Crippen LogP contribution in [0, 0.1) is 12.3 Å². The number of rotatable bonds is 3. The number of aryl methyl sites for hydroxylation is 1. The zero-order chi connectivity index (χ0) is 10.0. The van der Waals surface area contributed by atoms with Gasteiger partial charge in [0.25, 0.3) is 0 Å². The minimum atomic E-state index is -0.0534. The van der Waals surface area contributed by atoms with E-state index in [4.69, 9.17) is 11.1 Å². The van der Waals surface area contributed by atoms with Crippen molar-refractivity contribution in [3.63, 3.8) is 0 Å². The minimum Gasteiger partial charge on any atom is -0.387 e. The van der Waals surface area contributed by atoms with Crippen LogP contribution in [-0.4, -0.2) is 25.9 Å². The monoisotopic (exact) mass is 199 g/mol. The lowest BCUT2D eigenvalue weighted by Crippen LogP contribution is -2.22. The molecule has 0 saturated carbocycles. The van der Waals surface area contributed by atoms with Gasteiger partial charge in [-0.15, -0.1) is 10.2 Å². The first-order valence-electron chi connectivity index (χ1n) is 3.89. The fraction of sp³-hybridized carbons (Fsp3) is 0.571. The smallest absolute Gasteiger partial charge is 0.191 e. The molecule has 0 saturated heterocycles. The molecule has 1 unspecified atom stereocenters. The van der Waals surface area contributed by atoms with Gasteiger partial charge < -0.3 is 10.3 Å². The number of thioether (sulfide) groups is 1. The van der Waals surface area contributed by atoms with Crippen LogP contribution in [0.4, 0.5) is 0 Å². The van der Waals surface area contributed by atoms with Gasteiger partial charge in [-0.2, -0.15) is 0 Å². The maximum atomic E-state index is 7.23. The van der Waals surface area contributed by atoms with Crippen molar-refractivity contribution in [2.45, 2.75) is 24.3 Å². The topological polar surface area (TPSA) is 80.6 Å². The number of nitrogens with two attached hydrogens (primary N) is 1. The van der Waals surface area contributed by atoms with Crippen molar-refractivity contribution in [1.82, 2.24) is 14.8 Å². The van der Waals surface area contributed by atoms with Gasteiger partial charge in [-0.05, 0) is 13.8 Å². The normalized spacial score (nSPS) is 12.8. The molecule has 0 amide bonds. The predicted molar refractivity (Wildman–Crippen MR) is 53.0 cm³/mol. The lowest BCUT2D eigenvalue weighted by Gasteiger charge is -2.07. The van der Waals surface area contributed by atoms with Crippen LogP contribution in [0.1, 0.15) is 12.7 Å². The molecule has 1 rings (SSSR count). The van der Waals surface area contributed by atoms with Crippen molar-refractivity contribution in [3.8, 4) is 0 Å². The van der Waals surface area contributed by atoms with Gasteiger partial charge in [-0.3, -0.25) is 5.41 Å². The molecule has 5 nitrogen and oxygen atoms in total. The molecule has 1 aromatic rings. The molecule has 0 fully saturated rings. The molecule has 0 aliphatic carbocycles. The number of aromatic nitrogens is 3. The SMILES string of the molecule is Cc1nnc(SC(C)C(=N)N)n1C. The fourth-order valence-corrected chi connectivity index (χ4v) is 1.53. The highest BCUT2D eigenvalue weighted by molar-refractivity contribution is 8.00. The van der Waals surface area contributed by atoms with Gasteiger partial charge >= 0.3 is 0 Å². The molecule has 0 aromatic carbocycles. The molecule has 3 N–H and O–H groups in total. The summed E-state index contributed by atoms with van der Waals surface area (Å²) in [6.45, 7) is 3.76. The second-order valence-electron chi connectivity index (χ2n) is 2.80. The van der Waals surface area contributed by atoms with Crippen molar-refractivity contribution < 1.29 is 0 Å². The summed E-state index contributed by atoms with van der Waals surface area (Å²) < 4.78 is 1.88. The molecule has 6 heteroatoms. The Kier molecular flexibility index (Phi) is 2.92. The van der Waals surface area contributed by atoms with E-state index >= 15 is 0 Å². The molecular formula is C7H13N5S. The molecule has 0 aliphatic heterocycles. The first kappa shape index (κ1) is 10.0. The molecular weight excluding hydrogens is 186 g/mol. The van der Waals surface area contributed by atoms with Crippen LogP contribution in [-0.2, 0) is 7.05 Å². The summed E-state index contributed by atoms with van der Waals surface area (Å²) >= 11 is 1.44. The van der Waals surface area contributed by atoms with E-state index in [0.29, 0.717) is 0 Å². The molecule has 0 bridgehead atoms. The summed E-state index contributed by atoms with van der Waals surface area (Å²) in [5.74, 6) is 1.02. The fourth-order valence-electron chi connectivity index (χ4n) is 0.712. The van der Waals surface area contributed by atoms with Crippen LogP contribution >= 0.6 is 11.8 Å². The van der Waals surface area contributed by atoms with Crippen LogP contribution in [0.25, 0.3) is 0 Å². The number of hydrogen-bond acceptors (Lipinski definition) is 4. The summed E-state index contributed by atoms with van der Waals surface area (Å²) in [5.41, 5.74) is 5.35. The van der Waals surface area contributed by atoms with Crippen molar-refractivity contribution in [3.05, 3.63) is 5.82 Å². The number of amidine groups is 1. The predicted octanol–water partition coefficient (Wildman–Crippen LogP) is 0.540. The van der Waals surface area contributed by atoms with E-state index in [-0.39, 0.29) is 11.1 Å². The molecule has 0 aliphatic rings. The van der Waals surface area contributed by atoms with Gasteiger partial charge in [0.2, 0.25) is 0 Å². The quantitative estimate of drug-likeness (QED) is 0.423. The molecule has 13 heavy (non-hydrogen) atoms. The zero-order valence-corrected chi connectivity index (χ0v) is 8.72. The number of nitrogens with zero attached hydrogens (tertiary/aromatic N) is 3. The summed E-state index contributed by atoms with van der Waals surface area (Å²) in [4.78, 5) is 0. The Hall–Kier alpha value is -1.04. The second kappa shape index (κ2) is 3.78. The van der Waals surface area contributed by atoms with Crippen LogP contribution in [0.2, 0.25) is 0 Å². The Morgan fingerprint density at radius 3 is 2.62 bits per heavy atom. The van der Waals surface area contributed by atoms with E-state index < -0.39 is 0 Å². The molecule has 1 aromatic heterocycles. The first-order valence-corrected chi connectivity index (χ1v) is 4.77. The number of nitrogens with one attached hydrogen (secondary N) is 1. The maximum absolute atomic E-state index is 7.23. The lowest BCUT2D eigenvalue weighted by molar-refractivity contribution is 0.765. The van der Waals surface area contributed by atoms with Gasteiger partial charge in [0.15, 0.2) is 5.16 Å². The summed E-state index contributed by atoms with van der Waals surface area (Å²) in [6.07, 6.45) is 0. The Bertz CT molecular complexity index is 319. The van der Waals surface area contributed by atoms with E-state index in [0.717, 1.165) is 11.0 Å². The van der Waals surface area contributed by atoms with Crippen LogP contribution in [0.5, 0.6) is 0 Å². The highest BCUT2D eigenvalue weighted by Crippen LogP contribution is 2.20. The van der Waals surface area contributed by atoms with E-state index in [2.05, 4.69) is 10.2 Å². The Balaban J connectivity index is 2.74. The van der Waals surface area contributed by atoms with Gasteiger partial charge in [-0.25, -0.2) is 0 Å². The molecule has 1 atom stereocenters. The lowest BCUT2D eigenvalue weighted by atomic mass is 10.4. The van der Waals surface area contributed by atoms with Gasteiger partial charge in [0.05, 0.1) is 5.25 Å². The number of hydrogen-bond donors (Lipinski definition) is 2. The summed E-state index contributed by atoms with van der Waals surface area (Å²) in [5, 5.41) is 15.8. The first-order chi connectivity index (χ1) is 6.02. The van der Waals surface area contributed by atoms with Gasteiger partial charge in [-0.1, -0.05) is 11.8 Å². The molecule has 72 valence electrons. The maximum Gasteiger partial charge on any atom is 0.191 e. The van der Waals surface area contributed by atoms with Crippen LogP contribution in [0.15, 0.2) is 5.16 Å². The average Bonchev–Trinajstić information content (AvgIpc) is 2.36. The van der Waals surface area contributed by atoms with Crippen molar-refractivity contribution in [1.29, 1.82) is 5.41 Å². The van der Waals surface area contributed by atoms with E-state index in [1.165, 1.54) is 11.8 Å². The standard InChI is InChI=1S/C7H13N5S/c1-4(6(8)9)13-7-11-10-5(2)12(7)3/h4H,1-3H3,(H3,8,9). The van der Waals surface area contributed by atoms with E-state index in [1.807, 2.05) is 25.5 Å². The molecule has 0 spiro atoms. The highest BCUT2D eigenvalue weighted by Gasteiger charge is 2.12. The zero-order valence-electron chi connectivity index (χ0n) is 7.90. The van der Waals surface area contributed by atoms with Crippen molar-refractivity contribution in [2.75, 3.05) is 0 Å². The van der Waals surface area contributed by atoms with Gasteiger partial charge in [0, 0.05) is 7.05 Å². The van der Waals surface area contributed by atoms with E-state index in [1.54, 1.807) is 0 Å². The largest absolute Gasteiger partial charge is 0.387 e. The summed E-state index contributed by atoms with van der Waals surface area (Å²) in [6, 6.07) is 0. The third-order valence-electron chi connectivity index (χ3n) is 1.77. The van der Waals surface area contributed by atoms with E-state index in [9.17, 15) is 0 Å². The summed E-state index contributed by atoms with van der Waals surface area (Å²) in [7, 11) is 1.89. The Morgan fingerprint density at radius 2 is 2.23 bits per heavy atom. The van der Waals surface area contributed by atoms with Crippen LogP contribution < -0.4 is 5.73 Å². The average molecular weight is 199 g/mol. The molecule has 0 radical (unpaired) electrons. The Labute approximate surface area is 81.2 Å². The third-order valence-corrected chi connectivity index (χ3v) is 2.95.